The largest absolute Gasteiger partial charge is 0.316 e. The Balaban J connectivity index is 1.67. The first-order chi connectivity index (χ1) is 14.8. The van der Waals surface area contributed by atoms with E-state index < -0.39 is 17.0 Å². The molecular formula is C23H17Cl2FN2O2S. The Labute approximate surface area is 193 Å². The van der Waals surface area contributed by atoms with Gasteiger partial charge in [-0.1, -0.05) is 47.5 Å². The lowest BCUT2D eigenvalue weighted by Crippen LogP contribution is -2.27. The van der Waals surface area contributed by atoms with Crippen LogP contribution in [-0.4, -0.2) is 20.6 Å². The molecule has 0 atom stereocenters. The summed E-state index contributed by atoms with van der Waals surface area (Å²) >= 11 is 13.4. The molecule has 2 aromatic carbocycles. The number of rotatable bonds is 4. The van der Waals surface area contributed by atoms with Gasteiger partial charge >= 0.3 is 0 Å². The number of carbonyl (C=O) groups is 2. The summed E-state index contributed by atoms with van der Waals surface area (Å²) < 4.78 is 15.9. The maximum Gasteiger partial charge on any atom is 0.293 e. The average Bonchev–Trinajstić information content (AvgIpc) is 3.15. The molecule has 1 aliphatic heterocycles. The van der Waals surface area contributed by atoms with Gasteiger partial charge < -0.3 is 4.57 Å². The van der Waals surface area contributed by atoms with Crippen molar-refractivity contribution in [2.45, 2.75) is 20.4 Å². The molecule has 31 heavy (non-hydrogen) atoms. The highest BCUT2D eigenvalue weighted by atomic mass is 35.5. The molecule has 0 N–H and O–H groups in total. The number of halogens is 3. The van der Waals surface area contributed by atoms with E-state index in [0.717, 1.165) is 39.3 Å². The van der Waals surface area contributed by atoms with Gasteiger partial charge in [-0.3, -0.25) is 14.5 Å². The number of imide groups is 1. The fourth-order valence-electron chi connectivity index (χ4n) is 3.54. The summed E-state index contributed by atoms with van der Waals surface area (Å²) in [5.41, 5.74) is 3.56. The summed E-state index contributed by atoms with van der Waals surface area (Å²) in [5, 5.41) is 0.455. The molecule has 0 aliphatic carbocycles. The molecule has 8 heteroatoms. The number of aryl methyl sites for hydroxylation is 1. The fraction of sp³-hybridized carbons (Fsp3) is 0.130. The molecule has 158 valence electrons. The Kier molecular flexibility index (Phi) is 5.97. The quantitative estimate of drug-likeness (QED) is 0.391. The number of benzene rings is 2. The summed E-state index contributed by atoms with van der Waals surface area (Å²) in [4.78, 5) is 26.6. The van der Waals surface area contributed by atoms with E-state index in [1.807, 2.05) is 36.6 Å². The fourth-order valence-corrected chi connectivity index (χ4v) is 4.75. The van der Waals surface area contributed by atoms with Gasteiger partial charge in [0.25, 0.3) is 11.1 Å². The minimum Gasteiger partial charge on any atom is -0.316 e. The highest BCUT2D eigenvalue weighted by Crippen LogP contribution is 2.36. The second-order valence-electron chi connectivity index (χ2n) is 7.09. The van der Waals surface area contributed by atoms with Crippen molar-refractivity contribution >= 4 is 52.2 Å². The summed E-state index contributed by atoms with van der Waals surface area (Å²) in [5.74, 6) is -0.892. The number of hydrogen-bond acceptors (Lipinski definition) is 3. The molecule has 3 aromatic rings. The van der Waals surface area contributed by atoms with E-state index >= 15 is 0 Å². The van der Waals surface area contributed by atoms with Crippen LogP contribution in [0.1, 0.15) is 22.5 Å². The molecule has 2 amide bonds. The van der Waals surface area contributed by atoms with Gasteiger partial charge in [-0.15, -0.1) is 0 Å². The smallest absolute Gasteiger partial charge is 0.293 e. The number of amides is 2. The zero-order valence-electron chi connectivity index (χ0n) is 16.7. The SMILES string of the molecule is Cc1cc(/C=C2\SC(=O)N(Cc3ccccc3F)C2=O)c(C)n1-c1cccc(Cl)c1Cl. The molecule has 0 saturated carbocycles. The minimum absolute atomic E-state index is 0.105. The Hall–Kier alpha value is -2.54. The average molecular weight is 475 g/mol. The van der Waals surface area contributed by atoms with Crippen LogP contribution in [0.15, 0.2) is 53.4 Å². The number of hydrogen-bond donors (Lipinski definition) is 0. The van der Waals surface area contributed by atoms with Crippen LogP contribution in [0.5, 0.6) is 0 Å². The Bertz CT molecular complexity index is 1250. The van der Waals surface area contributed by atoms with Gasteiger partial charge in [0, 0.05) is 17.0 Å². The van der Waals surface area contributed by atoms with Gasteiger partial charge in [-0.2, -0.15) is 0 Å². The summed E-state index contributed by atoms with van der Waals surface area (Å²) in [7, 11) is 0. The van der Waals surface area contributed by atoms with Crippen LogP contribution in [0.2, 0.25) is 10.0 Å². The minimum atomic E-state index is -0.451. The lowest BCUT2D eigenvalue weighted by Gasteiger charge is -2.13. The summed E-state index contributed by atoms with van der Waals surface area (Å²) in [6, 6.07) is 13.4. The van der Waals surface area contributed by atoms with Gasteiger partial charge in [0.1, 0.15) is 5.82 Å². The van der Waals surface area contributed by atoms with Gasteiger partial charge in [-0.25, -0.2) is 4.39 Å². The van der Waals surface area contributed by atoms with Crippen molar-refractivity contribution in [3.63, 3.8) is 0 Å². The summed E-state index contributed by atoms with van der Waals surface area (Å²) in [6.07, 6.45) is 1.68. The Morgan fingerprint density at radius 2 is 1.81 bits per heavy atom. The molecule has 1 aliphatic rings. The molecule has 0 spiro atoms. The highest BCUT2D eigenvalue weighted by Gasteiger charge is 2.35. The molecule has 0 unspecified atom stereocenters. The normalized spacial score (nSPS) is 15.4. The predicted octanol–water partition coefficient (Wildman–Crippen LogP) is 6.78. The van der Waals surface area contributed by atoms with Crippen molar-refractivity contribution in [2.24, 2.45) is 0 Å². The molecular weight excluding hydrogens is 458 g/mol. The molecule has 2 heterocycles. The van der Waals surface area contributed by atoms with Crippen LogP contribution in [0.4, 0.5) is 9.18 Å². The lowest BCUT2D eigenvalue weighted by atomic mass is 10.2. The van der Waals surface area contributed by atoms with Crippen molar-refractivity contribution in [1.29, 1.82) is 0 Å². The third kappa shape index (κ3) is 4.03. The molecule has 0 bridgehead atoms. The monoisotopic (exact) mass is 474 g/mol. The van der Waals surface area contributed by atoms with E-state index in [1.165, 1.54) is 6.07 Å². The maximum atomic E-state index is 14.0. The zero-order valence-corrected chi connectivity index (χ0v) is 19.0. The number of thioether (sulfide) groups is 1. The molecule has 4 nitrogen and oxygen atoms in total. The van der Waals surface area contributed by atoms with E-state index in [9.17, 15) is 14.0 Å². The van der Waals surface area contributed by atoms with Crippen molar-refractivity contribution in [1.82, 2.24) is 9.47 Å². The van der Waals surface area contributed by atoms with E-state index in [2.05, 4.69) is 0 Å². The molecule has 1 fully saturated rings. The van der Waals surface area contributed by atoms with Gasteiger partial charge in [0.2, 0.25) is 0 Å². The molecule has 4 rings (SSSR count). The topological polar surface area (TPSA) is 42.3 Å². The first-order valence-corrected chi connectivity index (χ1v) is 11.0. The summed E-state index contributed by atoms with van der Waals surface area (Å²) in [6.45, 7) is 3.72. The van der Waals surface area contributed by atoms with E-state index in [4.69, 9.17) is 23.2 Å². The molecule has 1 aromatic heterocycles. The van der Waals surface area contributed by atoms with Gasteiger partial charge in [0.05, 0.1) is 27.2 Å². The van der Waals surface area contributed by atoms with Crippen LogP contribution in [0.25, 0.3) is 11.8 Å². The third-order valence-corrected chi connectivity index (χ3v) is 6.81. The number of nitrogens with zero attached hydrogens (tertiary/aromatic N) is 2. The standard InChI is InChI=1S/C23H17Cl2FN2O2S/c1-13-10-16(14(2)28(13)19-9-5-7-17(24)21(19)25)11-20-22(29)27(23(30)31-20)12-15-6-3-4-8-18(15)26/h3-11H,12H2,1-2H3/b20-11-. The first kappa shape index (κ1) is 21.7. The van der Waals surface area contributed by atoms with Crippen molar-refractivity contribution in [2.75, 3.05) is 0 Å². The second-order valence-corrected chi connectivity index (χ2v) is 8.87. The van der Waals surface area contributed by atoms with Crippen LogP contribution < -0.4 is 0 Å². The predicted molar refractivity (Wildman–Crippen MR) is 123 cm³/mol. The van der Waals surface area contributed by atoms with Crippen molar-refractivity contribution in [3.05, 3.63) is 91.8 Å². The number of carbonyl (C=O) groups excluding carboxylic acids is 2. The molecule has 0 radical (unpaired) electrons. The Morgan fingerprint density at radius 1 is 1.06 bits per heavy atom. The zero-order chi connectivity index (χ0) is 22.3. The maximum absolute atomic E-state index is 14.0. The molecule has 1 saturated heterocycles. The van der Waals surface area contributed by atoms with Crippen LogP contribution in [0, 0.1) is 19.7 Å². The highest BCUT2D eigenvalue weighted by molar-refractivity contribution is 8.18. The first-order valence-electron chi connectivity index (χ1n) is 9.40. The van der Waals surface area contributed by atoms with E-state index in [1.54, 1.807) is 30.3 Å². The van der Waals surface area contributed by atoms with Crippen molar-refractivity contribution < 1.29 is 14.0 Å². The number of aromatic nitrogens is 1. The van der Waals surface area contributed by atoms with Gasteiger partial charge in [-0.05, 0) is 61.5 Å². The Morgan fingerprint density at radius 3 is 2.55 bits per heavy atom. The van der Waals surface area contributed by atoms with Crippen LogP contribution in [0.3, 0.4) is 0 Å². The second kappa shape index (κ2) is 8.54. The third-order valence-electron chi connectivity index (χ3n) is 5.09. The van der Waals surface area contributed by atoms with Crippen molar-refractivity contribution in [3.8, 4) is 5.69 Å². The van der Waals surface area contributed by atoms with E-state index in [0.29, 0.717) is 20.5 Å². The van der Waals surface area contributed by atoms with Gasteiger partial charge in [0.15, 0.2) is 0 Å². The van der Waals surface area contributed by atoms with E-state index in [-0.39, 0.29) is 6.54 Å². The lowest BCUT2D eigenvalue weighted by molar-refractivity contribution is -0.123. The van der Waals surface area contributed by atoms with Crippen LogP contribution >= 0.6 is 35.0 Å². The van der Waals surface area contributed by atoms with Crippen LogP contribution in [-0.2, 0) is 11.3 Å².